The van der Waals surface area contributed by atoms with Crippen molar-refractivity contribution < 1.29 is 23.0 Å². The van der Waals surface area contributed by atoms with Crippen LogP contribution in [0.2, 0.25) is 0 Å². The lowest BCUT2D eigenvalue weighted by Crippen LogP contribution is -2.38. The average Bonchev–Trinajstić information content (AvgIpc) is 3.27. The van der Waals surface area contributed by atoms with E-state index in [1.807, 2.05) is 25.2 Å². The summed E-state index contributed by atoms with van der Waals surface area (Å²) in [7, 11) is 5.14. The first-order valence-electron chi connectivity index (χ1n) is 13.7. The first-order chi connectivity index (χ1) is 20.0. The number of pyridine rings is 2. The summed E-state index contributed by atoms with van der Waals surface area (Å²) in [5.74, 6) is -0.422. The van der Waals surface area contributed by atoms with Crippen molar-refractivity contribution in [2.45, 2.75) is 45.8 Å². The molecule has 1 aliphatic heterocycles. The number of rotatable bonds is 8. The number of anilines is 1. The van der Waals surface area contributed by atoms with Crippen LogP contribution in [0.15, 0.2) is 60.8 Å². The summed E-state index contributed by atoms with van der Waals surface area (Å²) >= 11 is 0. The minimum Gasteiger partial charge on any atom is -0.497 e. The lowest BCUT2D eigenvalue weighted by molar-refractivity contribution is 0.0764. The van der Waals surface area contributed by atoms with Gasteiger partial charge in [0.1, 0.15) is 23.1 Å². The molecule has 42 heavy (non-hydrogen) atoms. The molecule has 3 heterocycles. The Kier molecular flexibility index (Phi) is 7.86. The van der Waals surface area contributed by atoms with E-state index in [0.29, 0.717) is 34.7 Å². The van der Waals surface area contributed by atoms with E-state index in [2.05, 4.69) is 35.6 Å². The summed E-state index contributed by atoms with van der Waals surface area (Å²) in [4.78, 5) is 26.9. The van der Waals surface area contributed by atoms with Crippen molar-refractivity contribution in [3.05, 3.63) is 101 Å². The molecule has 2 aromatic heterocycles. The molecule has 4 aromatic rings. The Hall–Kier alpha value is -4.53. The van der Waals surface area contributed by atoms with Crippen molar-refractivity contribution in [2.24, 2.45) is 0 Å². The molecule has 1 amide bonds. The fourth-order valence-electron chi connectivity index (χ4n) is 5.07. The molecule has 0 fully saturated rings. The zero-order valence-corrected chi connectivity index (χ0v) is 24.7. The molecule has 0 saturated carbocycles. The molecule has 0 aliphatic carbocycles. The lowest BCUT2D eigenvalue weighted by Gasteiger charge is -2.33. The minimum absolute atomic E-state index is 0.0870. The quantitative estimate of drug-likeness (QED) is 0.243. The maximum Gasteiger partial charge on any atom is 0.256 e. The number of aromatic nitrogens is 2. The molecule has 5 rings (SSSR count). The second-order valence-electron chi connectivity index (χ2n) is 11.3. The summed E-state index contributed by atoms with van der Waals surface area (Å²) in [6, 6.07) is 14.6. The van der Waals surface area contributed by atoms with Crippen LogP contribution < -0.4 is 14.4 Å². The zero-order chi connectivity index (χ0) is 30.2. The fraction of sp³-hybridized carbons (Fsp3) is 0.303. The predicted octanol–water partition coefficient (Wildman–Crippen LogP) is 6.42. The normalized spacial score (nSPS) is 12.9. The Morgan fingerprint density at radius 3 is 2.31 bits per heavy atom. The average molecular weight is 573 g/mol. The highest BCUT2D eigenvalue weighted by Crippen LogP contribution is 2.35. The topological polar surface area (TPSA) is 67.8 Å². The van der Waals surface area contributed by atoms with Gasteiger partial charge in [0.15, 0.2) is 0 Å². The van der Waals surface area contributed by atoms with Gasteiger partial charge in [0.25, 0.3) is 5.91 Å². The van der Waals surface area contributed by atoms with E-state index in [9.17, 15) is 13.6 Å². The molecule has 0 saturated heterocycles. The largest absolute Gasteiger partial charge is 0.497 e. The van der Waals surface area contributed by atoms with Crippen LogP contribution in [0, 0.1) is 11.6 Å². The van der Waals surface area contributed by atoms with Crippen LogP contribution in [0.5, 0.6) is 11.5 Å². The molecule has 0 spiro atoms. The third kappa shape index (κ3) is 5.64. The smallest absolute Gasteiger partial charge is 0.256 e. The van der Waals surface area contributed by atoms with Gasteiger partial charge in [0.2, 0.25) is 0 Å². The number of amides is 1. The Balaban J connectivity index is 1.53. The molecule has 1 aliphatic rings. The molecule has 9 heteroatoms. The van der Waals surface area contributed by atoms with Gasteiger partial charge in [-0.05, 0) is 68.8 Å². The summed E-state index contributed by atoms with van der Waals surface area (Å²) in [6.07, 6.45) is 2.09. The molecule has 2 aromatic carbocycles. The molecule has 0 bridgehead atoms. The number of hydrogen-bond acceptors (Lipinski definition) is 6. The lowest BCUT2D eigenvalue weighted by atomic mass is 9.98. The van der Waals surface area contributed by atoms with Crippen LogP contribution in [-0.2, 0) is 19.5 Å². The molecule has 0 N–H and O–H groups in total. The molecule has 0 unspecified atom stereocenters. The Morgan fingerprint density at radius 2 is 1.69 bits per heavy atom. The van der Waals surface area contributed by atoms with E-state index >= 15 is 0 Å². The molecular formula is C33H34F2N4O3. The van der Waals surface area contributed by atoms with E-state index in [1.165, 1.54) is 18.2 Å². The van der Waals surface area contributed by atoms with Gasteiger partial charge in [0.05, 0.1) is 61.7 Å². The predicted molar refractivity (Wildman–Crippen MR) is 158 cm³/mol. The van der Waals surface area contributed by atoms with Crippen LogP contribution in [0.25, 0.3) is 11.3 Å². The standard InChI is InChI=1S/C33H34F2N4O3/c1-33(2,3)38(4)23-12-11-22(36-17-23)14-21-15-27(31-25(34)8-7-9-26(31)35)37-28-19-39(32(40)30(21)28)18-20-10-13-24(41-5)16-29(20)42-6/h7-13,15-17H,14,18-19H2,1-6H3. The molecule has 0 atom stereocenters. The van der Waals surface area contributed by atoms with Gasteiger partial charge in [-0.15, -0.1) is 0 Å². The second kappa shape index (κ2) is 11.4. The van der Waals surface area contributed by atoms with Gasteiger partial charge in [0, 0.05) is 36.3 Å². The monoisotopic (exact) mass is 572 g/mol. The summed E-state index contributed by atoms with van der Waals surface area (Å²) in [5, 5.41) is 0. The van der Waals surface area contributed by atoms with E-state index in [0.717, 1.165) is 16.9 Å². The number of ether oxygens (including phenoxy) is 2. The maximum absolute atomic E-state index is 14.9. The van der Waals surface area contributed by atoms with E-state index < -0.39 is 11.6 Å². The van der Waals surface area contributed by atoms with E-state index in [4.69, 9.17) is 9.47 Å². The van der Waals surface area contributed by atoms with Gasteiger partial charge in [-0.25, -0.2) is 13.8 Å². The van der Waals surface area contributed by atoms with Crippen molar-refractivity contribution in [2.75, 3.05) is 26.2 Å². The Morgan fingerprint density at radius 1 is 0.952 bits per heavy atom. The van der Waals surface area contributed by atoms with Crippen LogP contribution >= 0.6 is 0 Å². The van der Waals surface area contributed by atoms with E-state index in [-0.39, 0.29) is 35.8 Å². The van der Waals surface area contributed by atoms with Crippen molar-refractivity contribution in [3.63, 3.8) is 0 Å². The van der Waals surface area contributed by atoms with Gasteiger partial charge < -0.3 is 19.3 Å². The number of nitrogens with zero attached hydrogens (tertiary/aromatic N) is 4. The van der Waals surface area contributed by atoms with Crippen LogP contribution in [-0.4, -0.2) is 47.6 Å². The zero-order valence-electron chi connectivity index (χ0n) is 24.7. The van der Waals surface area contributed by atoms with Gasteiger partial charge in [-0.1, -0.05) is 6.07 Å². The number of fused-ring (bicyclic) bond motifs is 1. The first kappa shape index (κ1) is 29.0. The summed E-state index contributed by atoms with van der Waals surface area (Å²) in [5.41, 5.74) is 3.80. The highest BCUT2D eigenvalue weighted by Gasteiger charge is 2.33. The summed E-state index contributed by atoms with van der Waals surface area (Å²) < 4.78 is 40.5. The minimum atomic E-state index is -0.717. The van der Waals surface area contributed by atoms with Gasteiger partial charge in [-0.2, -0.15) is 0 Å². The molecule has 218 valence electrons. The number of halogens is 2. The van der Waals surface area contributed by atoms with Crippen molar-refractivity contribution in [1.82, 2.24) is 14.9 Å². The third-order valence-electron chi connectivity index (χ3n) is 7.67. The van der Waals surface area contributed by atoms with Crippen molar-refractivity contribution in [3.8, 4) is 22.8 Å². The van der Waals surface area contributed by atoms with Gasteiger partial charge in [-0.3, -0.25) is 9.78 Å². The summed E-state index contributed by atoms with van der Waals surface area (Å²) in [6.45, 7) is 6.79. The van der Waals surface area contributed by atoms with E-state index in [1.54, 1.807) is 43.5 Å². The van der Waals surface area contributed by atoms with Crippen LogP contribution in [0.1, 0.15) is 53.6 Å². The second-order valence-corrected chi connectivity index (χ2v) is 11.3. The number of carbonyl (C=O) groups excluding carboxylic acids is 1. The SMILES string of the molecule is COc1ccc(CN2Cc3nc(-c4c(F)cccc4F)cc(Cc4ccc(N(C)C(C)(C)C)cn4)c3C2=O)c(OC)c1. The Labute approximate surface area is 244 Å². The number of methoxy groups -OCH3 is 2. The third-order valence-corrected chi connectivity index (χ3v) is 7.67. The number of hydrogen-bond donors (Lipinski definition) is 0. The molecule has 0 radical (unpaired) electrons. The van der Waals surface area contributed by atoms with Crippen LogP contribution in [0.3, 0.4) is 0 Å². The van der Waals surface area contributed by atoms with Crippen molar-refractivity contribution in [1.29, 1.82) is 0 Å². The first-order valence-corrected chi connectivity index (χ1v) is 13.7. The molecular weight excluding hydrogens is 538 g/mol. The van der Waals surface area contributed by atoms with Crippen molar-refractivity contribution >= 4 is 11.6 Å². The Bertz CT molecular complexity index is 1610. The fourth-order valence-corrected chi connectivity index (χ4v) is 5.07. The van der Waals surface area contributed by atoms with Crippen LogP contribution in [0.4, 0.5) is 14.5 Å². The highest BCUT2D eigenvalue weighted by atomic mass is 19.1. The maximum atomic E-state index is 14.9. The number of carbonyl (C=O) groups is 1. The molecule has 7 nitrogen and oxygen atoms in total. The van der Waals surface area contributed by atoms with Gasteiger partial charge >= 0.3 is 0 Å². The number of benzene rings is 2. The highest BCUT2D eigenvalue weighted by molar-refractivity contribution is 5.99.